The van der Waals surface area contributed by atoms with Crippen LogP contribution < -0.4 is 10.1 Å². The van der Waals surface area contributed by atoms with Crippen LogP contribution in [-0.4, -0.2) is 17.4 Å². The Balaban J connectivity index is 2.59. The molecular weight excluding hydrogens is 212 g/mol. The lowest BCUT2D eigenvalue weighted by Gasteiger charge is -2.20. The lowest BCUT2D eigenvalue weighted by atomic mass is 10.1. The van der Waals surface area contributed by atoms with Crippen molar-refractivity contribution in [1.29, 1.82) is 0 Å². The van der Waals surface area contributed by atoms with Crippen LogP contribution in [-0.2, 0) is 11.2 Å². The maximum absolute atomic E-state index is 11.2. The molecule has 0 aliphatic carbocycles. The van der Waals surface area contributed by atoms with Gasteiger partial charge in [0.15, 0.2) is 6.61 Å². The van der Waals surface area contributed by atoms with Crippen LogP contribution in [0.3, 0.4) is 0 Å². The Hall–Kier alpha value is -2.11. The number of nitro groups is 1. The Bertz CT molecular complexity index is 470. The molecule has 1 aliphatic heterocycles. The second-order valence-corrected chi connectivity index (χ2v) is 3.38. The number of carbonyl (C=O) groups is 1. The highest BCUT2D eigenvalue weighted by Crippen LogP contribution is 2.37. The molecule has 84 valence electrons. The standard InChI is InChI=1S/C10H10N2O4/c1-2-6-7(12(14)15)3-4-8-10(6)11-9(13)5-16-8/h3-4H,2,5H2,1H3,(H,11,13). The third-order valence-corrected chi connectivity index (χ3v) is 2.42. The van der Waals surface area contributed by atoms with Gasteiger partial charge in [-0.2, -0.15) is 0 Å². The lowest BCUT2D eigenvalue weighted by Crippen LogP contribution is -2.26. The van der Waals surface area contributed by atoms with E-state index in [1.54, 1.807) is 6.92 Å². The molecule has 16 heavy (non-hydrogen) atoms. The van der Waals surface area contributed by atoms with E-state index in [0.29, 0.717) is 23.4 Å². The molecule has 0 saturated carbocycles. The molecule has 1 aromatic carbocycles. The highest BCUT2D eigenvalue weighted by molar-refractivity contribution is 5.97. The Morgan fingerprint density at radius 2 is 2.31 bits per heavy atom. The summed E-state index contributed by atoms with van der Waals surface area (Å²) in [5.41, 5.74) is 0.926. The summed E-state index contributed by atoms with van der Waals surface area (Å²) in [6.45, 7) is 1.75. The summed E-state index contributed by atoms with van der Waals surface area (Å²) in [6, 6.07) is 2.90. The quantitative estimate of drug-likeness (QED) is 0.607. The molecule has 0 aromatic heterocycles. The second-order valence-electron chi connectivity index (χ2n) is 3.38. The SMILES string of the molecule is CCc1c([N+](=O)[O-])ccc2c1NC(=O)CO2. The van der Waals surface area contributed by atoms with E-state index in [4.69, 9.17) is 4.74 Å². The number of nitrogens with zero attached hydrogens (tertiary/aromatic N) is 1. The van der Waals surface area contributed by atoms with Gasteiger partial charge in [-0.1, -0.05) is 6.92 Å². The first-order valence-electron chi connectivity index (χ1n) is 4.86. The van der Waals surface area contributed by atoms with Gasteiger partial charge in [0.05, 0.1) is 16.2 Å². The minimum Gasteiger partial charge on any atom is -0.482 e. The number of ether oxygens (including phenoxy) is 1. The van der Waals surface area contributed by atoms with Gasteiger partial charge in [-0.25, -0.2) is 0 Å². The van der Waals surface area contributed by atoms with Crippen LogP contribution in [0.25, 0.3) is 0 Å². The zero-order valence-corrected chi connectivity index (χ0v) is 8.65. The molecule has 1 aromatic rings. The topological polar surface area (TPSA) is 81.5 Å². The molecule has 2 rings (SSSR count). The van der Waals surface area contributed by atoms with E-state index >= 15 is 0 Å². The van der Waals surface area contributed by atoms with Crippen molar-refractivity contribution in [1.82, 2.24) is 0 Å². The Morgan fingerprint density at radius 3 is 2.94 bits per heavy atom. The van der Waals surface area contributed by atoms with E-state index in [9.17, 15) is 14.9 Å². The lowest BCUT2D eigenvalue weighted by molar-refractivity contribution is -0.385. The number of carbonyl (C=O) groups excluding carboxylic acids is 1. The Kier molecular flexibility index (Phi) is 2.47. The first kappa shape index (κ1) is 10.4. The number of nitro benzene ring substituents is 1. The minimum absolute atomic E-state index is 0.00653. The van der Waals surface area contributed by atoms with Gasteiger partial charge in [0.1, 0.15) is 5.75 Å². The van der Waals surface area contributed by atoms with Crippen LogP contribution in [0.2, 0.25) is 0 Å². The number of hydrogen-bond acceptors (Lipinski definition) is 4. The number of fused-ring (bicyclic) bond motifs is 1. The van der Waals surface area contributed by atoms with Crippen LogP contribution in [0.1, 0.15) is 12.5 Å². The molecule has 0 unspecified atom stereocenters. The molecule has 1 aliphatic rings. The molecule has 1 heterocycles. The number of nitrogens with one attached hydrogen (secondary N) is 1. The summed E-state index contributed by atoms with van der Waals surface area (Å²) in [6.07, 6.45) is 0.461. The average molecular weight is 222 g/mol. The second kappa shape index (κ2) is 3.80. The van der Waals surface area contributed by atoms with Crippen LogP contribution in [0.4, 0.5) is 11.4 Å². The van der Waals surface area contributed by atoms with Crippen molar-refractivity contribution in [3.8, 4) is 5.75 Å². The molecule has 0 fully saturated rings. The van der Waals surface area contributed by atoms with Crippen molar-refractivity contribution < 1.29 is 14.5 Å². The zero-order valence-electron chi connectivity index (χ0n) is 8.65. The number of rotatable bonds is 2. The molecule has 1 amide bonds. The summed E-state index contributed by atoms with van der Waals surface area (Å²) in [7, 11) is 0. The summed E-state index contributed by atoms with van der Waals surface area (Å²) in [5.74, 6) is 0.199. The van der Waals surface area contributed by atoms with Crippen LogP contribution >= 0.6 is 0 Å². The van der Waals surface area contributed by atoms with E-state index in [2.05, 4.69) is 5.32 Å². The predicted octanol–water partition coefficient (Wildman–Crippen LogP) is 1.49. The van der Waals surface area contributed by atoms with E-state index in [-0.39, 0.29) is 18.2 Å². The molecular formula is C10H10N2O4. The number of anilines is 1. The van der Waals surface area contributed by atoms with Crippen LogP contribution in [0, 0.1) is 10.1 Å². The number of hydrogen-bond donors (Lipinski definition) is 1. The summed E-state index contributed by atoms with van der Waals surface area (Å²) in [4.78, 5) is 21.5. The van der Waals surface area contributed by atoms with Gasteiger partial charge in [0.25, 0.3) is 11.6 Å². The van der Waals surface area contributed by atoms with Crippen molar-refractivity contribution in [2.24, 2.45) is 0 Å². The van der Waals surface area contributed by atoms with Crippen LogP contribution in [0.5, 0.6) is 5.75 Å². The number of benzene rings is 1. The van der Waals surface area contributed by atoms with Crippen molar-refractivity contribution in [2.45, 2.75) is 13.3 Å². The maximum atomic E-state index is 11.2. The predicted molar refractivity (Wildman–Crippen MR) is 56.6 cm³/mol. The zero-order chi connectivity index (χ0) is 11.7. The molecule has 0 bridgehead atoms. The van der Waals surface area contributed by atoms with Crippen molar-refractivity contribution in [3.63, 3.8) is 0 Å². The highest BCUT2D eigenvalue weighted by atomic mass is 16.6. The van der Waals surface area contributed by atoms with Crippen molar-refractivity contribution in [2.75, 3.05) is 11.9 Å². The fraction of sp³-hybridized carbons (Fsp3) is 0.300. The highest BCUT2D eigenvalue weighted by Gasteiger charge is 2.24. The third kappa shape index (κ3) is 1.58. The largest absolute Gasteiger partial charge is 0.482 e. The summed E-state index contributed by atoms with van der Waals surface area (Å²) < 4.78 is 5.18. The van der Waals surface area contributed by atoms with Gasteiger partial charge in [-0.15, -0.1) is 0 Å². The third-order valence-electron chi connectivity index (χ3n) is 2.42. The van der Waals surface area contributed by atoms with E-state index in [0.717, 1.165) is 0 Å². The monoisotopic (exact) mass is 222 g/mol. The molecule has 0 atom stereocenters. The van der Waals surface area contributed by atoms with E-state index in [1.807, 2.05) is 0 Å². The molecule has 1 N–H and O–H groups in total. The van der Waals surface area contributed by atoms with Crippen LogP contribution in [0.15, 0.2) is 12.1 Å². The van der Waals surface area contributed by atoms with Gasteiger partial charge < -0.3 is 10.1 Å². The maximum Gasteiger partial charge on any atom is 0.274 e. The molecule has 0 radical (unpaired) electrons. The first-order chi connectivity index (χ1) is 7.63. The van der Waals surface area contributed by atoms with Crippen molar-refractivity contribution in [3.05, 3.63) is 27.8 Å². The smallest absolute Gasteiger partial charge is 0.274 e. The van der Waals surface area contributed by atoms with Gasteiger partial charge in [0, 0.05) is 6.07 Å². The fourth-order valence-electron chi connectivity index (χ4n) is 1.72. The Labute approximate surface area is 91.4 Å². The number of amides is 1. The van der Waals surface area contributed by atoms with E-state index < -0.39 is 4.92 Å². The van der Waals surface area contributed by atoms with Gasteiger partial charge in [0.2, 0.25) is 0 Å². The van der Waals surface area contributed by atoms with Gasteiger partial charge in [-0.05, 0) is 12.5 Å². The fourth-order valence-corrected chi connectivity index (χ4v) is 1.72. The molecule has 0 spiro atoms. The van der Waals surface area contributed by atoms with Gasteiger partial charge in [-0.3, -0.25) is 14.9 Å². The van der Waals surface area contributed by atoms with Crippen molar-refractivity contribution >= 4 is 17.3 Å². The normalized spacial score (nSPS) is 13.7. The summed E-state index contributed by atoms with van der Waals surface area (Å²) >= 11 is 0. The van der Waals surface area contributed by atoms with E-state index in [1.165, 1.54) is 12.1 Å². The minimum atomic E-state index is -0.458. The molecule has 6 nitrogen and oxygen atoms in total. The average Bonchev–Trinajstić information content (AvgIpc) is 2.27. The summed E-state index contributed by atoms with van der Waals surface area (Å²) in [5, 5.41) is 13.4. The van der Waals surface area contributed by atoms with Gasteiger partial charge >= 0.3 is 0 Å². The molecule has 0 saturated heterocycles. The first-order valence-corrected chi connectivity index (χ1v) is 4.86. The molecule has 6 heteroatoms. The Morgan fingerprint density at radius 1 is 1.56 bits per heavy atom.